The van der Waals surface area contributed by atoms with Crippen LogP contribution in [0.15, 0.2) is 23.0 Å². The summed E-state index contributed by atoms with van der Waals surface area (Å²) in [4.78, 5) is 0. The lowest BCUT2D eigenvalue weighted by Gasteiger charge is -2.16. The molecule has 2 heteroatoms. The molecule has 0 aromatic carbocycles. The van der Waals surface area contributed by atoms with Crippen molar-refractivity contribution in [1.82, 2.24) is 5.32 Å². The van der Waals surface area contributed by atoms with E-state index >= 15 is 0 Å². The summed E-state index contributed by atoms with van der Waals surface area (Å²) in [6.45, 7) is 5.50. The van der Waals surface area contributed by atoms with Gasteiger partial charge in [0, 0.05) is 6.04 Å². The molecule has 0 fully saturated rings. The molecule has 1 atom stereocenters. The fourth-order valence-corrected chi connectivity index (χ4v) is 2.25. The number of furan rings is 1. The normalized spacial score (nSPS) is 12.8. The molecule has 0 radical (unpaired) electrons. The van der Waals surface area contributed by atoms with Gasteiger partial charge in [-0.1, -0.05) is 46.0 Å². The molecule has 1 rings (SSSR count). The summed E-state index contributed by atoms with van der Waals surface area (Å²) in [5, 5.41) is 3.57. The fraction of sp³-hybridized carbons (Fsp3) is 0.733. The maximum absolute atomic E-state index is 5.12. The minimum absolute atomic E-state index is 0.610. The van der Waals surface area contributed by atoms with E-state index in [0.717, 1.165) is 13.0 Å². The highest BCUT2D eigenvalue weighted by Crippen LogP contribution is 2.11. The summed E-state index contributed by atoms with van der Waals surface area (Å²) in [5.41, 5.74) is 1.31. The van der Waals surface area contributed by atoms with Crippen molar-refractivity contribution < 1.29 is 4.42 Å². The second-order valence-corrected chi connectivity index (χ2v) is 4.79. The molecule has 98 valence electrons. The van der Waals surface area contributed by atoms with E-state index in [-0.39, 0.29) is 0 Å². The topological polar surface area (TPSA) is 25.2 Å². The summed E-state index contributed by atoms with van der Waals surface area (Å²) < 4.78 is 5.12. The molecule has 1 unspecified atom stereocenters. The third-order valence-electron chi connectivity index (χ3n) is 3.21. The molecule has 1 N–H and O–H groups in total. The van der Waals surface area contributed by atoms with Crippen molar-refractivity contribution >= 4 is 0 Å². The van der Waals surface area contributed by atoms with Crippen LogP contribution < -0.4 is 5.32 Å². The van der Waals surface area contributed by atoms with Crippen LogP contribution >= 0.6 is 0 Å². The quantitative estimate of drug-likeness (QED) is 0.618. The van der Waals surface area contributed by atoms with Gasteiger partial charge in [-0.25, -0.2) is 0 Å². The van der Waals surface area contributed by atoms with Gasteiger partial charge in [0.2, 0.25) is 0 Å². The van der Waals surface area contributed by atoms with E-state index in [9.17, 15) is 0 Å². The second kappa shape index (κ2) is 9.29. The van der Waals surface area contributed by atoms with Crippen LogP contribution in [0.3, 0.4) is 0 Å². The number of likely N-dealkylation sites (N-methyl/N-ethyl adjacent to an activating group) is 1. The Balaban J connectivity index is 2.18. The number of nitrogens with one attached hydrogen (secondary N) is 1. The van der Waals surface area contributed by atoms with Crippen molar-refractivity contribution in [2.75, 3.05) is 6.54 Å². The molecule has 0 spiro atoms. The lowest BCUT2D eigenvalue weighted by Crippen LogP contribution is -2.30. The van der Waals surface area contributed by atoms with Gasteiger partial charge in [0.1, 0.15) is 0 Å². The minimum Gasteiger partial charge on any atom is -0.472 e. The Hall–Kier alpha value is -0.760. The van der Waals surface area contributed by atoms with Crippen LogP contribution in [0.2, 0.25) is 0 Å². The molecular weight excluding hydrogens is 210 g/mol. The molecule has 1 aromatic rings. The van der Waals surface area contributed by atoms with Gasteiger partial charge < -0.3 is 9.73 Å². The SMILES string of the molecule is CCCCCCCC(Cc1ccoc1)NCC. The van der Waals surface area contributed by atoms with Gasteiger partial charge in [-0.2, -0.15) is 0 Å². The Morgan fingerprint density at radius 1 is 1.18 bits per heavy atom. The molecule has 1 aromatic heterocycles. The van der Waals surface area contributed by atoms with E-state index in [1.54, 1.807) is 6.26 Å². The molecular formula is C15H27NO. The first kappa shape index (κ1) is 14.3. The zero-order chi connectivity index (χ0) is 12.3. The van der Waals surface area contributed by atoms with Crippen LogP contribution in [-0.4, -0.2) is 12.6 Å². The molecule has 1 heterocycles. The molecule has 0 saturated carbocycles. The number of rotatable bonds is 10. The fourth-order valence-electron chi connectivity index (χ4n) is 2.25. The lowest BCUT2D eigenvalue weighted by molar-refractivity contribution is 0.458. The Labute approximate surface area is 106 Å². The minimum atomic E-state index is 0.610. The summed E-state index contributed by atoms with van der Waals surface area (Å²) in [7, 11) is 0. The van der Waals surface area contributed by atoms with E-state index in [1.165, 1.54) is 44.1 Å². The van der Waals surface area contributed by atoms with Crippen LogP contribution in [-0.2, 0) is 6.42 Å². The Bertz CT molecular complexity index is 256. The van der Waals surface area contributed by atoms with Crippen molar-refractivity contribution in [2.45, 2.75) is 64.8 Å². The third kappa shape index (κ3) is 6.52. The molecule has 0 aliphatic rings. The van der Waals surface area contributed by atoms with E-state index < -0.39 is 0 Å². The van der Waals surface area contributed by atoms with Crippen molar-refractivity contribution in [3.05, 3.63) is 24.2 Å². The monoisotopic (exact) mass is 237 g/mol. The highest BCUT2D eigenvalue weighted by Gasteiger charge is 2.08. The summed E-state index contributed by atoms with van der Waals surface area (Å²) in [6, 6.07) is 2.68. The van der Waals surface area contributed by atoms with Gasteiger partial charge in [0.25, 0.3) is 0 Å². The van der Waals surface area contributed by atoms with Gasteiger partial charge in [0.15, 0.2) is 0 Å². The number of hydrogen-bond acceptors (Lipinski definition) is 2. The predicted octanol–water partition coefficient (Wildman–Crippen LogP) is 4.16. The largest absolute Gasteiger partial charge is 0.472 e. The van der Waals surface area contributed by atoms with Crippen LogP contribution in [0.25, 0.3) is 0 Å². The summed E-state index contributed by atoms with van der Waals surface area (Å²) in [6.07, 6.45) is 12.8. The zero-order valence-corrected chi connectivity index (χ0v) is 11.4. The maximum atomic E-state index is 5.12. The van der Waals surface area contributed by atoms with Crippen molar-refractivity contribution in [3.8, 4) is 0 Å². The average Bonchev–Trinajstić information content (AvgIpc) is 2.82. The second-order valence-electron chi connectivity index (χ2n) is 4.79. The molecule has 2 nitrogen and oxygen atoms in total. The molecule has 0 aliphatic heterocycles. The molecule has 0 saturated heterocycles. The van der Waals surface area contributed by atoms with Crippen molar-refractivity contribution in [3.63, 3.8) is 0 Å². The molecule has 0 aliphatic carbocycles. The third-order valence-corrected chi connectivity index (χ3v) is 3.21. The Morgan fingerprint density at radius 2 is 2.00 bits per heavy atom. The van der Waals surface area contributed by atoms with E-state index in [0.29, 0.717) is 6.04 Å². The van der Waals surface area contributed by atoms with Crippen LogP contribution in [0, 0.1) is 0 Å². The Kier molecular flexibility index (Phi) is 7.81. The smallest absolute Gasteiger partial charge is 0.0935 e. The lowest BCUT2D eigenvalue weighted by atomic mass is 10.0. The van der Waals surface area contributed by atoms with E-state index in [1.807, 2.05) is 6.26 Å². The van der Waals surface area contributed by atoms with Crippen LogP contribution in [0.4, 0.5) is 0 Å². The van der Waals surface area contributed by atoms with Gasteiger partial charge in [-0.3, -0.25) is 0 Å². The predicted molar refractivity (Wildman–Crippen MR) is 73.3 cm³/mol. The van der Waals surface area contributed by atoms with Crippen molar-refractivity contribution in [1.29, 1.82) is 0 Å². The van der Waals surface area contributed by atoms with Crippen molar-refractivity contribution in [2.24, 2.45) is 0 Å². The summed E-state index contributed by atoms with van der Waals surface area (Å²) in [5.74, 6) is 0. The standard InChI is InChI=1S/C15H27NO/c1-3-5-6-7-8-9-15(16-4-2)12-14-10-11-17-13-14/h10-11,13,15-16H,3-9,12H2,1-2H3. The number of hydrogen-bond donors (Lipinski definition) is 1. The maximum Gasteiger partial charge on any atom is 0.0935 e. The molecule has 17 heavy (non-hydrogen) atoms. The molecule has 0 amide bonds. The van der Waals surface area contributed by atoms with Gasteiger partial charge in [0.05, 0.1) is 12.5 Å². The van der Waals surface area contributed by atoms with Gasteiger partial charge in [-0.05, 0) is 31.0 Å². The number of unbranched alkanes of at least 4 members (excludes halogenated alkanes) is 4. The first-order valence-electron chi connectivity index (χ1n) is 7.11. The highest BCUT2D eigenvalue weighted by molar-refractivity contribution is 5.07. The molecule has 0 bridgehead atoms. The van der Waals surface area contributed by atoms with E-state index in [4.69, 9.17) is 4.42 Å². The highest BCUT2D eigenvalue weighted by atomic mass is 16.3. The van der Waals surface area contributed by atoms with E-state index in [2.05, 4.69) is 25.2 Å². The average molecular weight is 237 g/mol. The van der Waals surface area contributed by atoms with Gasteiger partial charge in [-0.15, -0.1) is 0 Å². The van der Waals surface area contributed by atoms with Gasteiger partial charge >= 0.3 is 0 Å². The summed E-state index contributed by atoms with van der Waals surface area (Å²) >= 11 is 0. The first-order chi connectivity index (χ1) is 8.36. The first-order valence-corrected chi connectivity index (χ1v) is 7.11. The van der Waals surface area contributed by atoms with Crippen LogP contribution in [0.5, 0.6) is 0 Å². The Morgan fingerprint density at radius 3 is 2.65 bits per heavy atom. The van der Waals surface area contributed by atoms with Crippen LogP contribution in [0.1, 0.15) is 57.9 Å². The zero-order valence-electron chi connectivity index (χ0n) is 11.4.